The van der Waals surface area contributed by atoms with Crippen LogP contribution in [0, 0.1) is 19.8 Å². The van der Waals surface area contributed by atoms with E-state index in [1.54, 1.807) is 13.1 Å². The molecule has 1 unspecified atom stereocenters. The van der Waals surface area contributed by atoms with Crippen LogP contribution in [0.3, 0.4) is 0 Å². The number of carbonyl (C=O) groups excluding carboxylic acids is 1. The number of aromatic nitrogens is 3. The van der Waals surface area contributed by atoms with E-state index in [2.05, 4.69) is 27.6 Å². The average molecular weight is 424 g/mol. The first-order valence-corrected chi connectivity index (χ1v) is 10.8. The van der Waals surface area contributed by atoms with Crippen molar-refractivity contribution >= 4 is 11.4 Å². The Morgan fingerprint density at radius 3 is 2.81 bits per heavy atom. The van der Waals surface area contributed by atoms with E-state index < -0.39 is 5.56 Å². The maximum atomic E-state index is 13.2. The van der Waals surface area contributed by atoms with Gasteiger partial charge in [-0.05, 0) is 69.5 Å². The highest BCUT2D eigenvalue weighted by Crippen LogP contribution is 2.35. The lowest BCUT2D eigenvalue weighted by molar-refractivity contribution is 0.0951. The van der Waals surface area contributed by atoms with Crippen molar-refractivity contribution in [3.05, 3.63) is 62.8 Å². The first-order chi connectivity index (χ1) is 14.9. The molecule has 1 fully saturated rings. The topological polar surface area (TPSA) is 112 Å². The Hall–Kier alpha value is -3.13. The fourth-order valence-electron chi connectivity index (χ4n) is 4.75. The van der Waals surface area contributed by atoms with E-state index >= 15 is 0 Å². The van der Waals surface area contributed by atoms with Crippen molar-refractivity contribution in [2.45, 2.75) is 46.1 Å². The van der Waals surface area contributed by atoms with Crippen LogP contribution >= 0.6 is 0 Å². The van der Waals surface area contributed by atoms with E-state index in [4.69, 9.17) is 0 Å². The van der Waals surface area contributed by atoms with Gasteiger partial charge in [-0.2, -0.15) is 5.10 Å². The van der Waals surface area contributed by atoms with Crippen molar-refractivity contribution < 1.29 is 9.90 Å². The Morgan fingerprint density at radius 2 is 2.10 bits per heavy atom. The standard InChI is InChI=1S/C23H29N5O3/c1-13-11-19(29)17(22(30)27-13)12-25-23(31)20-15(3)21(28-18(20)5-4-8-26-28)14(2)16-6-9-24-10-7-16/h4-5,8,11,14,16,24H,6-7,9-10,12H2,1-3H3,(H,25,31)(H2,27,29,30). The number of nitrogens with zero attached hydrogens (tertiary/aromatic N) is 2. The van der Waals surface area contributed by atoms with Crippen LogP contribution in [0.4, 0.5) is 0 Å². The van der Waals surface area contributed by atoms with Gasteiger partial charge in [0.05, 0.1) is 23.2 Å². The van der Waals surface area contributed by atoms with E-state index in [0.717, 1.165) is 42.7 Å². The number of hydrogen-bond acceptors (Lipinski definition) is 5. The number of pyridine rings is 1. The molecule has 0 saturated carbocycles. The number of carbonyl (C=O) groups is 1. The normalized spacial score (nSPS) is 15.8. The molecule has 0 aromatic carbocycles. The van der Waals surface area contributed by atoms with Gasteiger partial charge in [-0.1, -0.05) is 6.92 Å². The zero-order valence-electron chi connectivity index (χ0n) is 18.2. The molecule has 0 spiro atoms. The maximum Gasteiger partial charge on any atom is 0.256 e. The van der Waals surface area contributed by atoms with Gasteiger partial charge in [-0.3, -0.25) is 9.59 Å². The molecule has 1 saturated heterocycles. The molecule has 0 aliphatic carbocycles. The number of aromatic amines is 1. The summed E-state index contributed by atoms with van der Waals surface area (Å²) in [6.45, 7) is 7.83. The molecule has 3 aromatic heterocycles. The Kier molecular flexibility index (Phi) is 5.82. The molecule has 1 aliphatic heterocycles. The second-order valence-corrected chi connectivity index (χ2v) is 8.41. The van der Waals surface area contributed by atoms with E-state index in [1.807, 2.05) is 23.6 Å². The van der Waals surface area contributed by atoms with Crippen molar-refractivity contribution in [3.63, 3.8) is 0 Å². The van der Waals surface area contributed by atoms with Crippen LogP contribution in [0.15, 0.2) is 29.2 Å². The Labute approximate surface area is 180 Å². The van der Waals surface area contributed by atoms with Crippen LogP contribution in [-0.2, 0) is 6.54 Å². The fraction of sp³-hybridized carbons (Fsp3) is 0.435. The van der Waals surface area contributed by atoms with Crippen molar-refractivity contribution in [2.75, 3.05) is 13.1 Å². The van der Waals surface area contributed by atoms with Gasteiger partial charge in [0.25, 0.3) is 11.5 Å². The number of aryl methyl sites for hydroxylation is 1. The van der Waals surface area contributed by atoms with E-state index in [9.17, 15) is 14.7 Å². The fourth-order valence-corrected chi connectivity index (χ4v) is 4.75. The molecular formula is C23H29N5O3. The van der Waals surface area contributed by atoms with Crippen molar-refractivity contribution in [3.8, 4) is 5.75 Å². The summed E-state index contributed by atoms with van der Waals surface area (Å²) < 4.78 is 1.88. The molecule has 0 radical (unpaired) electrons. The van der Waals surface area contributed by atoms with Crippen LogP contribution in [0.2, 0.25) is 0 Å². The number of rotatable bonds is 5. The van der Waals surface area contributed by atoms with Crippen LogP contribution in [0.1, 0.15) is 58.6 Å². The molecule has 3 aromatic rings. The third-order valence-corrected chi connectivity index (χ3v) is 6.42. The predicted molar refractivity (Wildman–Crippen MR) is 119 cm³/mol. The van der Waals surface area contributed by atoms with Gasteiger partial charge < -0.3 is 20.7 Å². The minimum absolute atomic E-state index is 0.0590. The lowest BCUT2D eigenvalue weighted by atomic mass is 9.83. The largest absolute Gasteiger partial charge is 0.507 e. The van der Waals surface area contributed by atoms with Gasteiger partial charge in [0.1, 0.15) is 5.75 Å². The highest BCUT2D eigenvalue weighted by atomic mass is 16.3. The lowest BCUT2D eigenvalue weighted by Crippen LogP contribution is -2.30. The van der Waals surface area contributed by atoms with Crippen molar-refractivity contribution in [1.82, 2.24) is 25.2 Å². The van der Waals surface area contributed by atoms with E-state index in [1.165, 1.54) is 6.07 Å². The summed E-state index contributed by atoms with van der Waals surface area (Å²) in [6, 6.07) is 5.19. The quantitative estimate of drug-likeness (QED) is 0.503. The highest BCUT2D eigenvalue weighted by Gasteiger charge is 2.29. The minimum Gasteiger partial charge on any atom is -0.507 e. The smallest absolute Gasteiger partial charge is 0.256 e. The highest BCUT2D eigenvalue weighted by molar-refractivity contribution is 6.03. The molecule has 1 amide bonds. The number of H-pyrrole nitrogens is 1. The first kappa shape index (κ1) is 21.1. The summed E-state index contributed by atoms with van der Waals surface area (Å²) in [5.41, 5.74) is 3.57. The predicted octanol–water partition coefficient (Wildman–Crippen LogP) is 2.38. The molecule has 4 rings (SSSR count). The number of amides is 1. The van der Waals surface area contributed by atoms with Gasteiger partial charge in [0, 0.05) is 23.5 Å². The summed E-state index contributed by atoms with van der Waals surface area (Å²) >= 11 is 0. The molecule has 8 nitrogen and oxygen atoms in total. The molecule has 8 heteroatoms. The molecule has 31 heavy (non-hydrogen) atoms. The molecule has 1 atom stereocenters. The van der Waals surface area contributed by atoms with Gasteiger partial charge >= 0.3 is 0 Å². The van der Waals surface area contributed by atoms with Crippen molar-refractivity contribution in [1.29, 1.82) is 0 Å². The Balaban J connectivity index is 1.67. The third kappa shape index (κ3) is 3.95. The number of piperidine rings is 1. The summed E-state index contributed by atoms with van der Waals surface area (Å²) in [7, 11) is 0. The summed E-state index contributed by atoms with van der Waals surface area (Å²) in [6.07, 6.45) is 3.92. The van der Waals surface area contributed by atoms with Gasteiger partial charge in [-0.25, -0.2) is 4.52 Å². The molecule has 1 aliphatic rings. The SMILES string of the molecule is Cc1cc(O)c(CNC(=O)c2c(C)c(C(C)C3CCNCC3)n3ncccc23)c(=O)[nH]1. The molecule has 0 bridgehead atoms. The Morgan fingerprint density at radius 1 is 1.35 bits per heavy atom. The first-order valence-electron chi connectivity index (χ1n) is 10.8. The Bertz CT molecular complexity index is 1170. The minimum atomic E-state index is -0.404. The number of hydrogen-bond donors (Lipinski definition) is 4. The molecule has 164 valence electrons. The zero-order chi connectivity index (χ0) is 22.1. The van der Waals surface area contributed by atoms with Crippen LogP contribution < -0.4 is 16.2 Å². The second kappa shape index (κ2) is 8.55. The second-order valence-electron chi connectivity index (χ2n) is 8.41. The lowest BCUT2D eigenvalue weighted by Gasteiger charge is -2.28. The van der Waals surface area contributed by atoms with Gasteiger partial charge in [0.15, 0.2) is 0 Å². The van der Waals surface area contributed by atoms with Crippen LogP contribution in [0.25, 0.3) is 5.52 Å². The number of aromatic hydroxyl groups is 1. The summed E-state index contributed by atoms with van der Waals surface area (Å²) in [4.78, 5) is 28.0. The average Bonchev–Trinajstić information content (AvgIpc) is 3.04. The maximum absolute atomic E-state index is 13.2. The summed E-state index contributed by atoms with van der Waals surface area (Å²) in [5.74, 6) is 0.377. The van der Waals surface area contributed by atoms with Crippen LogP contribution in [0.5, 0.6) is 5.75 Å². The van der Waals surface area contributed by atoms with Crippen molar-refractivity contribution in [2.24, 2.45) is 5.92 Å². The van der Waals surface area contributed by atoms with Gasteiger partial charge in [0.2, 0.25) is 0 Å². The molecule has 4 heterocycles. The van der Waals surface area contributed by atoms with Gasteiger partial charge in [-0.15, -0.1) is 0 Å². The third-order valence-electron chi connectivity index (χ3n) is 6.42. The molecular weight excluding hydrogens is 394 g/mol. The number of fused-ring (bicyclic) bond motifs is 1. The van der Waals surface area contributed by atoms with E-state index in [0.29, 0.717) is 17.2 Å². The summed E-state index contributed by atoms with van der Waals surface area (Å²) in [5, 5.41) is 20.9. The van der Waals surface area contributed by atoms with Crippen LogP contribution in [-0.4, -0.2) is 38.7 Å². The zero-order valence-corrected chi connectivity index (χ0v) is 18.2. The molecule has 4 N–H and O–H groups in total. The monoisotopic (exact) mass is 423 g/mol. The number of nitrogens with one attached hydrogen (secondary N) is 3. The van der Waals surface area contributed by atoms with E-state index in [-0.39, 0.29) is 29.7 Å².